The Morgan fingerprint density at radius 2 is 1.88 bits per heavy atom. The van der Waals surface area contributed by atoms with E-state index in [1.807, 2.05) is 39.8 Å². The SMILES string of the molecule is CNC(=O)C1CN(c2ccc(N3CCN(c4cccc(-c5nncn5C(C)C)n4)C3=O)cn2)C1. The number of nitrogens with one attached hydrogen (secondary N) is 1. The molecule has 2 fully saturated rings. The molecule has 0 aliphatic carbocycles. The summed E-state index contributed by atoms with van der Waals surface area (Å²) in [5.74, 6) is 2.10. The third-order valence-electron chi connectivity index (χ3n) is 6.25. The monoisotopic (exact) mass is 461 g/mol. The smallest absolute Gasteiger partial charge is 0.330 e. The topological polar surface area (TPSA) is 112 Å². The Bertz CT molecular complexity index is 1200. The van der Waals surface area contributed by atoms with Gasteiger partial charge in [-0.2, -0.15) is 0 Å². The average Bonchev–Trinajstić information content (AvgIpc) is 3.46. The van der Waals surface area contributed by atoms with E-state index in [9.17, 15) is 9.59 Å². The minimum absolute atomic E-state index is 0.00201. The second-order valence-electron chi connectivity index (χ2n) is 8.71. The molecule has 0 saturated carbocycles. The number of hydrogen-bond donors (Lipinski definition) is 1. The van der Waals surface area contributed by atoms with Crippen molar-refractivity contribution in [2.75, 3.05) is 47.9 Å². The molecule has 0 spiro atoms. The van der Waals surface area contributed by atoms with Crippen LogP contribution < -0.4 is 20.0 Å². The van der Waals surface area contributed by atoms with Crippen LogP contribution in [0.3, 0.4) is 0 Å². The maximum Gasteiger partial charge on any atom is 0.330 e. The highest BCUT2D eigenvalue weighted by atomic mass is 16.2. The van der Waals surface area contributed by atoms with E-state index in [1.165, 1.54) is 0 Å². The summed E-state index contributed by atoms with van der Waals surface area (Å²) in [6, 6.07) is 9.42. The molecule has 5 rings (SSSR count). The predicted molar refractivity (Wildman–Crippen MR) is 128 cm³/mol. The number of pyridine rings is 2. The Morgan fingerprint density at radius 1 is 1.09 bits per heavy atom. The van der Waals surface area contributed by atoms with E-state index in [0.717, 1.165) is 11.5 Å². The molecule has 2 saturated heterocycles. The fourth-order valence-electron chi connectivity index (χ4n) is 4.25. The van der Waals surface area contributed by atoms with Gasteiger partial charge >= 0.3 is 6.03 Å². The molecule has 11 nitrogen and oxygen atoms in total. The van der Waals surface area contributed by atoms with E-state index in [-0.39, 0.29) is 23.9 Å². The molecule has 0 radical (unpaired) electrons. The number of carbonyl (C=O) groups excluding carboxylic acids is 2. The van der Waals surface area contributed by atoms with Crippen molar-refractivity contribution < 1.29 is 9.59 Å². The Balaban J connectivity index is 1.29. The largest absolute Gasteiger partial charge is 0.359 e. The Morgan fingerprint density at radius 3 is 2.59 bits per heavy atom. The molecule has 0 aromatic carbocycles. The van der Waals surface area contributed by atoms with Crippen LogP contribution in [-0.4, -0.2) is 69.9 Å². The van der Waals surface area contributed by atoms with Crippen molar-refractivity contribution in [2.45, 2.75) is 19.9 Å². The number of nitrogens with zero attached hydrogens (tertiary/aromatic N) is 8. The summed E-state index contributed by atoms with van der Waals surface area (Å²) in [5.41, 5.74) is 1.40. The van der Waals surface area contributed by atoms with Gasteiger partial charge in [-0.15, -0.1) is 10.2 Å². The Labute approximate surface area is 197 Å². The first-order valence-corrected chi connectivity index (χ1v) is 11.3. The summed E-state index contributed by atoms with van der Waals surface area (Å²) in [6.07, 6.45) is 3.39. The zero-order valence-corrected chi connectivity index (χ0v) is 19.4. The second kappa shape index (κ2) is 8.73. The zero-order chi connectivity index (χ0) is 23.8. The molecule has 2 aliphatic rings. The lowest BCUT2D eigenvalue weighted by Gasteiger charge is -2.38. The highest BCUT2D eigenvalue weighted by Gasteiger charge is 2.34. The fourth-order valence-corrected chi connectivity index (χ4v) is 4.25. The molecule has 0 unspecified atom stereocenters. The van der Waals surface area contributed by atoms with Crippen molar-refractivity contribution in [2.24, 2.45) is 5.92 Å². The maximum absolute atomic E-state index is 13.2. The molecule has 0 atom stereocenters. The van der Waals surface area contributed by atoms with Crippen LogP contribution in [0.4, 0.5) is 22.1 Å². The summed E-state index contributed by atoms with van der Waals surface area (Å²) in [4.78, 5) is 39.5. The molecule has 176 valence electrons. The number of hydrogen-bond acceptors (Lipinski definition) is 7. The van der Waals surface area contributed by atoms with Crippen LogP contribution >= 0.6 is 0 Å². The van der Waals surface area contributed by atoms with Gasteiger partial charge in [-0.1, -0.05) is 6.07 Å². The summed E-state index contributed by atoms with van der Waals surface area (Å²) in [6.45, 7) is 6.47. The molecule has 11 heteroatoms. The maximum atomic E-state index is 13.2. The van der Waals surface area contributed by atoms with Gasteiger partial charge in [-0.3, -0.25) is 14.6 Å². The van der Waals surface area contributed by atoms with Crippen LogP contribution in [0.5, 0.6) is 0 Å². The zero-order valence-electron chi connectivity index (χ0n) is 19.4. The third-order valence-corrected chi connectivity index (χ3v) is 6.25. The van der Waals surface area contributed by atoms with Crippen molar-refractivity contribution in [3.8, 4) is 11.5 Å². The molecule has 0 bridgehead atoms. The molecular formula is C23H27N9O2. The minimum atomic E-state index is -0.145. The first-order chi connectivity index (χ1) is 16.5. The lowest BCUT2D eigenvalue weighted by Crippen LogP contribution is -2.53. The van der Waals surface area contributed by atoms with Gasteiger partial charge in [-0.05, 0) is 38.1 Å². The lowest BCUT2D eigenvalue weighted by molar-refractivity contribution is -0.125. The van der Waals surface area contributed by atoms with E-state index in [1.54, 1.807) is 29.4 Å². The van der Waals surface area contributed by atoms with Crippen molar-refractivity contribution in [1.82, 2.24) is 30.0 Å². The van der Waals surface area contributed by atoms with Gasteiger partial charge in [0.2, 0.25) is 5.91 Å². The Kier molecular flexibility index (Phi) is 5.60. The van der Waals surface area contributed by atoms with Gasteiger partial charge in [0.15, 0.2) is 5.82 Å². The van der Waals surface area contributed by atoms with Gasteiger partial charge in [0, 0.05) is 39.3 Å². The van der Waals surface area contributed by atoms with E-state index in [0.29, 0.717) is 43.5 Å². The van der Waals surface area contributed by atoms with E-state index in [2.05, 4.69) is 34.3 Å². The van der Waals surface area contributed by atoms with Crippen LogP contribution in [0.15, 0.2) is 42.9 Å². The van der Waals surface area contributed by atoms with Gasteiger partial charge < -0.3 is 14.8 Å². The number of anilines is 3. The quantitative estimate of drug-likeness (QED) is 0.597. The molecule has 3 aromatic heterocycles. The molecule has 2 aliphatic heterocycles. The molecule has 1 N–H and O–H groups in total. The van der Waals surface area contributed by atoms with E-state index < -0.39 is 0 Å². The number of urea groups is 1. The molecule has 34 heavy (non-hydrogen) atoms. The molecule has 5 heterocycles. The first kappa shape index (κ1) is 21.8. The van der Waals surface area contributed by atoms with Crippen LogP contribution in [-0.2, 0) is 4.79 Å². The summed E-state index contributed by atoms with van der Waals surface area (Å²) >= 11 is 0. The molecule has 3 aromatic rings. The van der Waals surface area contributed by atoms with Gasteiger partial charge in [0.05, 0.1) is 17.8 Å². The van der Waals surface area contributed by atoms with Crippen molar-refractivity contribution in [3.63, 3.8) is 0 Å². The van der Waals surface area contributed by atoms with Gasteiger partial charge in [0.25, 0.3) is 0 Å². The van der Waals surface area contributed by atoms with Crippen LogP contribution in [0, 0.1) is 5.92 Å². The number of carbonyl (C=O) groups is 2. The highest BCUT2D eigenvalue weighted by Crippen LogP contribution is 2.28. The van der Waals surface area contributed by atoms with Crippen molar-refractivity contribution >= 4 is 29.3 Å². The first-order valence-electron chi connectivity index (χ1n) is 11.3. The number of rotatable bonds is 6. The molecular weight excluding hydrogens is 434 g/mol. The second-order valence-corrected chi connectivity index (χ2v) is 8.71. The van der Waals surface area contributed by atoms with Gasteiger partial charge in [0.1, 0.15) is 23.7 Å². The normalized spacial score (nSPS) is 16.4. The van der Waals surface area contributed by atoms with Crippen LogP contribution in [0.25, 0.3) is 11.5 Å². The van der Waals surface area contributed by atoms with Crippen molar-refractivity contribution in [3.05, 3.63) is 42.9 Å². The summed E-state index contributed by atoms with van der Waals surface area (Å²) < 4.78 is 1.95. The van der Waals surface area contributed by atoms with E-state index in [4.69, 9.17) is 4.98 Å². The number of aromatic nitrogens is 5. The van der Waals surface area contributed by atoms with Crippen LogP contribution in [0.1, 0.15) is 19.9 Å². The predicted octanol–water partition coefficient (Wildman–Crippen LogP) is 1.94. The fraction of sp³-hybridized carbons (Fsp3) is 0.391. The van der Waals surface area contributed by atoms with Crippen molar-refractivity contribution in [1.29, 1.82) is 0 Å². The minimum Gasteiger partial charge on any atom is -0.359 e. The summed E-state index contributed by atoms with van der Waals surface area (Å²) in [5, 5.41) is 10.9. The average molecular weight is 462 g/mol. The van der Waals surface area contributed by atoms with Crippen LogP contribution in [0.2, 0.25) is 0 Å². The molecule has 3 amide bonds. The van der Waals surface area contributed by atoms with E-state index >= 15 is 0 Å². The third kappa shape index (κ3) is 3.82. The Hall–Kier alpha value is -4.02. The highest BCUT2D eigenvalue weighted by molar-refractivity contribution is 6.05. The lowest BCUT2D eigenvalue weighted by atomic mass is 9.99. The summed E-state index contributed by atoms with van der Waals surface area (Å²) in [7, 11) is 1.65. The number of amides is 3. The standard InChI is InChI=1S/C23H27N9O2/c1-15(2)32-14-26-28-21(32)18-5-4-6-20(27-18)31-10-9-30(23(31)34)17-7-8-19(25-11-17)29-12-16(13-29)22(33)24-3/h4-8,11,14-16H,9-10,12-13H2,1-3H3,(H,24,33). The van der Waals surface area contributed by atoms with Gasteiger partial charge in [-0.25, -0.2) is 14.8 Å².